The van der Waals surface area contributed by atoms with Crippen LogP contribution in [-0.4, -0.2) is 11.1 Å². The third-order valence-corrected chi connectivity index (χ3v) is 3.04. The van der Waals surface area contributed by atoms with E-state index in [0.29, 0.717) is 17.8 Å². The van der Waals surface area contributed by atoms with Crippen LogP contribution in [0.5, 0.6) is 0 Å². The van der Waals surface area contributed by atoms with Gasteiger partial charge in [0.15, 0.2) is 17.7 Å². The van der Waals surface area contributed by atoms with E-state index in [-0.39, 0.29) is 0 Å². The number of para-hydroxylation sites is 1. The molecule has 1 atom stereocenters. The van der Waals surface area contributed by atoms with Gasteiger partial charge in [0.25, 0.3) is 0 Å². The number of rotatable bonds is 4. The molecule has 2 aromatic rings. The van der Waals surface area contributed by atoms with Crippen LogP contribution in [0.4, 0.5) is 18.9 Å². The molecular weight excluding hydrogens is 283 g/mol. The van der Waals surface area contributed by atoms with Crippen LogP contribution in [0, 0.1) is 24.4 Å². The van der Waals surface area contributed by atoms with Gasteiger partial charge in [-0.15, -0.1) is 0 Å². The average Bonchev–Trinajstić information content (AvgIpc) is 2.42. The van der Waals surface area contributed by atoms with E-state index in [1.807, 2.05) is 0 Å². The molecule has 3 nitrogen and oxygen atoms in total. The van der Waals surface area contributed by atoms with Crippen LogP contribution in [0.25, 0.3) is 0 Å². The summed E-state index contributed by atoms with van der Waals surface area (Å²) in [4.78, 5) is 11.3. The van der Waals surface area contributed by atoms with Crippen LogP contribution < -0.4 is 5.32 Å². The monoisotopic (exact) mass is 295 g/mol. The Kier molecular flexibility index (Phi) is 4.16. The summed E-state index contributed by atoms with van der Waals surface area (Å²) in [6, 6.07) is 6.15. The maximum atomic E-state index is 13.7. The number of hydrogen-bond acceptors (Lipinski definition) is 2. The van der Waals surface area contributed by atoms with Gasteiger partial charge in [-0.25, -0.2) is 18.0 Å². The van der Waals surface area contributed by atoms with Gasteiger partial charge in [0.05, 0.1) is 0 Å². The molecule has 0 fully saturated rings. The lowest BCUT2D eigenvalue weighted by molar-refractivity contribution is -0.138. The predicted octanol–water partition coefficient (Wildman–Crippen LogP) is 3.65. The van der Waals surface area contributed by atoms with Crippen molar-refractivity contribution in [2.75, 3.05) is 5.32 Å². The Bertz CT molecular complexity index is 689. The fourth-order valence-electron chi connectivity index (χ4n) is 1.92. The van der Waals surface area contributed by atoms with E-state index in [2.05, 4.69) is 5.32 Å². The molecular formula is C15H12F3NO2. The highest BCUT2D eigenvalue weighted by Crippen LogP contribution is 2.26. The van der Waals surface area contributed by atoms with Crippen LogP contribution in [0.3, 0.4) is 0 Å². The van der Waals surface area contributed by atoms with Gasteiger partial charge in [-0.2, -0.15) is 0 Å². The number of halogens is 3. The molecule has 0 aliphatic carbocycles. The molecule has 0 aliphatic rings. The number of anilines is 1. The van der Waals surface area contributed by atoms with E-state index in [1.165, 1.54) is 0 Å². The van der Waals surface area contributed by atoms with Gasteiger partial charge in [0.2, 0.25) is 0 Å². The number of aliphatic carboxylic acids is 1. The Hall–Kier alpha value is -2.50. The van der Waals surface area contributed by atoms with E-state index in [9.17, 15) is 23.1 Å². The number of benzene rings is 2. The van der Waals surface area contributed by atoms with Crippen molar-refractivity contribution in [3.05, 3.63) is 65.0 Å². The number of nitrogens with one attached hydrogen (secondary N) is 1. The van der Waals surface area contributed by atoms with Crippen molar-refractivity contribution in [3.8, 4) is 0 Å². The molecule has 2 aromatic carbocycles. The van der Waals surface area contributed by atoms with Gasteiger partial charge in [-0.1, -0.05) is 18.2 Å². The molecule has 0 radical (unpaired) electrons. The summed E-state index contributed by atoms with van der Waals surface area (Å²) < 4.78 is 39.9. The Balaban J connectivity index is 2.43. The Labute approximate surface area is 119 Å². The lowest BCUT2D eigenvalue weighted by Gasteiger charge is -2.18. The highest BCUT2D eigenvalue weighted by molar-refractivity contribution is 5.79. The van der Waals surface area contributed by atoms with Gasteiger partial charge in [0, 0.05) is 17.3 Å². The van der Waals surface area contributed by atoms with Gasteiger partial charge in [0.1, 0.15) is 5.82 Å². The molecule has 0 aromatic heterocycles. The summed E-state index contributed by atoms with van der Waals surface area (Å²) in [5.74, 6) is -5.19. The van der Waals surface area contributed by atoms with Gasteiger partial charge < -0.3 is 10.4 Å². The molecule has 21 heavy (non-hydrogen) atoms. The molecule has 2 N–H and O–H groups in total. The quantitative estimate of drug-likeness (QED) is 0.846. The number of carboxylic acids is 1. The first-order valence-corrected chi connectivity index (χ1v) is 6.09. The molecule has 2 rings (SSSR count). The van der Waals surface area contributed by atoms with Gasteiger partial charge in [-0.05, 0) is 24.6 Å². The maximum absolute atomic E-state index is 13.7. The molecule has 0 aliphatic heterocycles. The summed E-state index contributed by atoms with van der Waals surface area (Å²) in [6.45, 7) is 1.74. The lowest BCUT2D eigenvalue weighted by Crippen LogP contribution is -2.22. The molecule has 0 saturated carbocycles. The lowest BCUT2D eigenvalue weighted by atomic mass is 10.0. The van der Waals surface area contributed by atoms with E-state index < -0.39 is 35.0 Å². The first-order valence-electron chi connectivity index (χ1n) is 6.09. The molecule has 0 spiro atoms. The summed E-state index contributed by atoms with van der Waals surface area (Å²) in [5.41, 5.74) is 0.741. The van der Waals surface area contributed by atoms with Crippen molar-refractivity contribution in [3.63, 3.8) is 0 Å². The smallest absolute Gasteiger partial charge is 0.330 e. The molecule has 110 valence electrons. The fourth-order valence-corrected chi connectivity index (χ4v) is 1.92. The largest absolute Gasteiger partial charge is 0.479 e. The number of aryl methyl sites for hydroxylation is 1. The Morgan fingerprint density at radius 1 is 1.10 bits per heavy atom. The van der Waals surface area contributed by atoms with E-state index in [0.717, 1.165) is 5.56 Å². The third-order valence-electron chi connectivity index (χ3n) is 3.04. The van der Waals surface area contributed by atoms with E-state index >= 15 is 0 Å². The summed E-state index contributed by atoms with van der Waals surface area (Å²) in [7, 11) is 0. The second-order valence-electron chi connectivity index (χ2n) is 4.52. The van der Waals surface area contributed by atoms with Crippen molar-refractivity contribution in [1.29, 1.82) is 0 Å². The first-order chi connectivity index (χ1) is 9.90. The van der Waals surface area contributed by atoms with Crippen LogP contribution >= 0.6 is 0 Å². The first kappa shape index (κ1) is 14.9. The number of carbonyl (C=O) groups is 1. The summed E-state index contributed by atoms with van der Waals surface area (Å²) >= 11 is 0. The minimum absolute atomic E-state index is 0.333. The zero-order chi connectivity index (χ0) is 15.6. The standard InChI is InChI=1S/C15H12F3NO2/c1-8-4-2-3-5-13(8)19-14(15(20)21)9-6-11(17)12(18)7-10(9)16/h2-7,14,19H,1H3,(H,20,21). The van der Waals surface area contributed by atoms with Gasteiger partial charge in [-0.3, -0.25) is 0 Å². The predicted molar refractivity (Wildman–Crippen MR) is 71.5 cm³/mol. The number of hydrogen-bond donors (Lipinski definition) is 2. The Morgan fingerprint density at radius 2 is 1.71 bits per heavy atom. The highest BCUT2D eigenvalue weighted by atomic mass is 19.2. The zero-order valence-electron chi connectivity index (χ0n) is 11.0. The van der Waals surface area contributed by atoms with Crippen molar-refractivity contribution in [2.24, 2.45) is 0 Å². The number of carboxylic acid groups (broad SMARTS) is 1. The maximum Gasteiger partial charge on any atom is 0.330 e. The molecule has 6 heteroatoms. The topological polar surface area (TPSA) is 49.3 Å². The van der Waals surface area contributed by atoms with Crippen molar-refractivity contribution < 1.29 is 23.1 Å². The van der Waals surface area contributed by atoms with Gasteiger partial charge >= 0.3 is 5.97 Å². The normalized spacial score (nSPS) is 12.0. The van der Waals surface area contributed by atoms with E-state index in [1.54, 1.807) is 31.2 Å². The van der Waals surface area contributed by atoms with Crippen LogP contribution in [0.1, 0.15) is 17.2 Å². The van der Waals surface area contributed by atoms with Crippen LogP contribution in [0.2, 0.25) is 0 Å². The second-order valence-corrected chi connectivity index (χ2v) is 4.52. The van der Waals surface area contributed by atoms with Crippen molar-refractivity contribution in [2.45, 2.75) is 13.0 Å². The summed E-state index contributed by atoms with van der Waals surface area (Å²) in [6.07, 6.45) is 0. The molecule has 0 saturated heterocycles. The third kappa shape index (κ3) is 3.16. The molecule has 1 unspecified atom stereocenters. The zero-order valence-corrected chi connectivity index (χ0v) is 11.0. The second kappa shape index (κ2) is 5.87. The highest BCUT2D eigenvalue weighted by Gasteiger charge is 2.25. The molecule has 0 amide bonds. The van der Waals surface area contributed by atoms with Crippen molar-refractivity contribution in [1.82, 2.24) is 0 Å². The van der Waals surface area contributed by atoms with Crippen LogP contribution in [0.15, 0.2) is 36.4 Å². The van der Waals surface area contributed by atoms with Crippen molar-refractivity contribution >= 4 is 11.7 Å². The summed E-state index contributed by atoms with van der Waals surface area (Å²) in [5, 5.41) is 11.8. The average molecular weight is 295 g/mol. The Morgan fingerprint density at radius 3 is 2.33 bits per heavy atom. The molecule has 0 bridgehead atoms. The van der Waals surface area contributed by atoms with E-state index in [4.69, 9.17) is 0 Å². The SMILES string of the molecule is Cc1ccccc1NC(C(=O)O)c1cc(F)c(F)cc1F. The minimum Gasteiger partial charge on any atom is -0.479 e. The molecule has 0 heterocycles. The minimum atomic E-state index is -1.53. The fraction of sp³-hybridized carbons (Fsp3) is 0.133. The van der Waals surface area contributed by atoms with Crippen LogP contribution in [-0.2, 0) is 4.79 Å².